The van der Waals surface area contributed by atoms with Crippen molar-refractivity contribution in [2.45, 2.75) is 13.3 Å². The lowest BCUT2D eigenvalue weighted by Gasteiger charge is -2.08. The van der Waals surface area contributed by atoms with Gasteiger partial charge in [0.15, 0.2) is 0 Å². The molecule has 1 N–H and O–H groups in total. The maximum absolute atomic E-state index is 13.4. The average Bonchev–Trinajstić information content (AvgIpc) is 2.48. The van der Waals surface area contributed by atoms with Gasteiger partial charge in [0.2, 0.25) is 0 Å². The number of fused-ring (bicyclic) bond motifs is 1. The summed E-state index contributed by atoms with van der Waals surface area (Å²) in [7, 11) is 0. The van der Waals surface area contributed by atoms with E-state index in [0.29, 0.717) is 11.2 Å². The van der Waals surface area contributed by atoms with Crippen molar-refractivity contribution >= 4 is 16.7 Å². The van der Waals surface area contributed by atoms with Gasteiger partial charge in [-0.2, -0.15) is 0 Å². The van der Waals surface area contributed by atoms with Crippen molar-refractivity contribution in [3.63, 3.8) is 0 Å². The van der Waals surface area contributed by atoms with E-state index in [9.17, 15) is 4.39 Å². The summed E-state index contributed by atoms with van der Waals surface area (Å²) in [6.07, 6.45) is 2.39. The Hall–Kier alpha value is -2.49. The molecule has 0 radical (unpaired) electrons. The van der Waals surface area contributed by atoms with Crippen LogP contribution in [-0.4, -0.2) is 16.5 Å². The minimum absolute atomic E-state index is 0.279. The maximum Gasteiger partial charge on any atom is 0.137 e. The van der Waals surface area contributed by atoms with E-state index in [0.717, 1.165) is 18.5 Å². The van der Waals surface area contributed by atoms with Gasteiger partial charge < -0.3 is 5.32 Å². The molecule has 3 nitrogen and oxygen atoms in total. The standard InChI is InChI=1S/C17H16FN3/c1-12-3-2-4-13(9-12)7-8-19-17-15-10-14(18)5-6-16(15)20-11-21-17/h2-6,9-11H,7-8H2,1H3,(H,19,20,21). The molecular formula is C17H16FN3. The number of halogens is 1. The Kier molecular flexibility index (Phi) is 3.77. The maximum atomic E-state index is 13.4. The lowest BCUT2D eigenvalue weighted by molar-refractivity contribution is 0.629. The third-order valence-corrected chi connectivity index (χ3v) is 3.39. The Bertz CT molecular complexity index is 771. The van der Waals surface area contributed by atoms with Gasteiger partial charge in [-0.05, 0) is 37.1 Å². The molecule has 0 unspecified atom stereocenters. The van der Waals surface area contributed by atoms with Gasteiger partial charge in [0.05, 0.1) is 5.52 Å². The first-order valence-electron chi connectivity index (χ1n) is 6.92. The Balaban J connectivity index is 1.75. The Morgan fingerprint density at radius 2 is 2.00 bits per heavy atom. The van der Waals surface area contributed by atoms with Gasteiger partial charge in [-0.15, -0.1) is 0 Å². The van der Waals surface area contributed by atoms with E-state index in [4.69, 9.17) is 0 Å². The number of nitrogens with one attached hydrogen (secondary N) is 1. The van der Waals surface area contributed by atoms with Crippen molar-refractivity contribution in [3.8, 4) is 0 Å². The van der Waals surface area contributed by atoms with Gasteiger partial charge in [-0.3, -0.25) is 0 Å². The number of rotatable bonds is 4. The van der Waals surface area contributed by atoms with Gasteiger partial charge >= 0.3 is 0 Å². The predicted molar refractivity (Wildman–Crippen MR) is 82.9 cm³/mol. The summed E-state index contributed by atoms with van der Waals surface area (Å²) in [5.74, 6) is 0.395. The summed E-state index contributed by atoms with van der Waals surface area (Å²) < 4.78 is 13.4. The van der Waals surface area contributed by atoms with E-state index < -0.39 is 0 Å². The van der Waals surface area contributed by atoms with Gasteiger partial charge in [-0.1, -0.05) is 29.8 Å². The number of aryl methyl sites for hydroxylation is 1. The Labute approximate surface area is 122 Å². The van der Waals surface area contributed by atoms with Crippen molar-refractivity contribution in [3.05, 3.63) is 65.7 Å². The number of benzene rings is 2. The van der Waals surface area contributed by atoms with Gasteiger partial charge in [0, 0.05) is 11.9 Å². The van der Waals surface area contributed by atoms with E-state index in [1.165, 1.54) is 29.6 Å². The number of aromatic nitrogens is 2. The van der Waals surface area contributed by atoms with Crippen LogP contribution in [0.5, 0.6) is 0 Å². The van der Waals surface area contributed by atoms with E-state index in [1.807, 2.05) is 0 Å². The molecule has 1 aromatic heterocycles. The molecule has 1 heterocycles. The number of hydrogen-bond donors (Lipinski definition) is 1. The van der Waals surface area contributed by atoms with Crippen LogP contribution in [0.2, 0.25) is 0 Å². The number of nitrogens with zero attached hydrogens (tertiary/aromatic N) is 2. The molecule has 3 aromatic rings. The third-order valence-electron chi connectivity index (χ3n) is 3.39. The first-order chi connectivity index (χ1) is 10.2. The van der Waals surface area contributed by atoms with Crippen LogP contribution < -0.4 is 5.32 Å². The van der Waals surface area contributed by atoms with Crippen LogP contribution in [0.25, 0.3) is 10.9 Å². The summed E-state index contributed by atoms with van der Waals surface area (Å²) in [6.45, 7) is 2.82. The largest absolute Gasteiger partial charge is 0.369 e. The molecule has 0 saturated heterocycles. The van der Waals surface area contributed by atoms with Crippen LogP contribution in [0.4, 0.5) is 10.2 Å². The van der Waals surface area contributed by atoms with E-state index in [-0.39, 0.29) is 5.82 Å². The molecule has 106 valence electrons. The monoisotopic (exact) mass is 281 g/mol. The Morgan fingerprint density at radius 3 is 2.86 bits per heavy atom. The van der Waals surface area contributed by atoms with Crippen molar-refractivity contribution in [1.82, 2.24) is 9.97 Å². The molecule has 2 aromatic carbocycles. The normalized spacial score (nSPS) is 10.8. The zero-order valence-corrected chi connectivity index (χ0v) is 11.8. The highest BCUT2D eigenvalue weighted by molar-refractivity contribution is 5.88. The van der Waals surface area contributed by atoms with Crippen molar-refractivity contribution < 1.29 is 4.39 Å². The number of hydrogen-bond acceptors (Lipinski definition) is 3. The molecule has 0 bridgehead atoms. The van der Waals surface area contributed by atoms with Crippen molar-refractivity contribution in [2.24, 2.45) is 0 Å². The van der Waals surface area contributed by atoms with E-state index in [2.05, 4.69) is 46.5 Å². The molecule has 0 aliphatic carbocycles. The average molecular weight is 281 g/mol. The predicted octanol–water partition coefficient (Wildman–Crippen LogP) is 3.73. The zero-order valence-electron chi connectivity index (χ0n) is 11.8. The highest BCUT2D eigenvalue weighted by Crippen LogP contribution is 2.20. The summed E-state index contributed by atoms with van der Waals surface area (Å²) in [5.41, 5.74) is 3.26. The highest BCUT2D eigenvalue weighted by Gasteiger charge is 2.04. The van der Waals surface area contributed by atoms with Crippen LogP contribution in [-0.2, 0) is 6.42 Å². The summed E-state index contributed by atoms with van der Waals surface area (Å²) in [5, 5.41) is 3.97. The fourth-order valence-corrected chi connectivity index (χ4v) is 2.36. The SMILES string of the molecule is Cc1cccc(CCNc2ncnc3ccc(F)cc23)c1. The molecule has 0 atom stereocenters. The molecule has 0 spiro atoms. The molecule has 0 aliphatic rings. The minimum Gasteiger partial charge on any atom is -0.369 e. The quantitative estimate of drug-likeness (QED) is 0.791. The topological polar surface area (TPSA) is 37.8 Å². The molecule has 0 amide bonds. The molecule has 0 aliphatic heterocycles. The fraction of sp³-hybridized carbons (Fsp3) is 0.176. The zero-order chi connectivity index (χ0) is 14.7. The lowest BCUT2D eigenvalue weighted by Crippen LogP contribution is -2.07. The van der Waals surface area contributed by atoms with Gasteiger partial charge in [0.1, 0.15) is 18.0 Å². The first kappa shape index (κ1) is 13.5. The van der Waals surface area contributed by atoms with Crippen molar-refractivity contribution in [1.29, 1.82) is 0 Å². The fourth-order valence-electron chi connectivity index (χ4n) is 2.36. The molecule has 0 fully saturated rings. The number of anilines is 1. The van der Waals surface area contributed by atoms with Crippen molar-refractivity contribution in [2.75, 3.05) is 11.9 Å². The molecular weight excluding hydrogens is 265 g/mol. The second-order valence-corrected chi connectivity index (χ2v) is 5.05. The molecule has 0 saturated carbocycles. The molecule has 4 heteroatoms. The smallest absolute Gasteiger partial charge is 0.137 e. The second-order valence-electron chi connectivity index (χ2n) is 5.05. The summed E-state index contributed by atoms with van der Waals surface area (Å²) >= 11 is 0. The second kappa shape index (κ2) is 5.87. The van der Waals surface area contributed by atoms with Crippen LogP contribution in [0.15, 0.2) is 48.8 Å². The van der Waals surface area contributed by atoms with Crippen LogP contribution in [0.1, 0.15) is 11.1 Å². The van der Waals surface area contributed by atoms with Crippen LogP contribution >= 0.6 is 0 Å². The first-order valence-corrected chi connectivity index (χ1v) is 6.92. The third kappa shape index (κ3) is 3.16. The lowest BCUT2D eigenvalue weighted by atomic mass is 10.1. The molecule has 3 rings (SSSR count). The van der Waals surface area contributed by atoms with Gasteiger partial charge in [-0.25, -0.2) is 14.4 Å². The summed E-state index contributed by atoms with van der Waals surface area (Å²) in [6, 6.07) is 12.9. The minimum atomic E-state index is -0.279. The van der Waals surface area contributed by atoms with E-state index >= 15 is 0 Å². The van der Waals surface area contributed by atoms with Crippen LogP contribution in [0.3, 0.4) is 0 Å². The highest BCUT2D eigenvalue weighted by atomic mass is 19.1. The Morgan fingerprint density at radius 1 is 1.10 bits per heavy atom. The summed E-state index contributed by atoms with van der Waals surface area (Å²) in [4.78, 5) is 8.35. The molecule has 21 heavy (non-hydrogen) atoms. The van der Waals surface area contributed by atoms with E-state index in [1.54, 1.807) is 6.07 Å². The van der Waals surface area contributed by atoms with Crippen LogP contribution in [0, 0.1) is 12.7 Å². The van der Waals surface area contributed by atoms with Gasteiger partial charge in [0.25, 0.3) is 0 Å².